The van der Waals surface area contributed by atoms with Crippen molar-refractivity contribution in [2.75, 3.05) is 19.7 Å². The first kappa shape index (κ1) is 12.5. The van der Waals surface area contributed by atoms with Crippen LogP contribution in [0.3, 0.4) is 0 Å². The molecule has 1 fully saturated rings. The second-order valence-electron chi connectivity index (χ2n) is 4.80. The summed E-state index contributed by atoms with van der Waals surface area (Å²) in [4.78, 5) is 6.48. The van der Waals surface area contributed by atoms with Crippen LogP contribution in [0.1, 0.15) is 31.2 Å². The Hall–Kier alpha value is -0.930. The zero-order valence-corrected chi connectivity index (χ0v) is 10.4. The molecule has 3 heteroatoms. The minimum Gasteiger partial charge on any atom is -0.395 e. The summed E-state index contributed by atoms with van der Waals surface area (Å²) in [6.45, 7) is 2.14. The molecule has 17 heavy (non-hydrogen) atoms. The molecule has 1 aromatic heterocycles. The Morgan fingerprint density at radius 1 is 1.18 bits per heavy atom. The van der Waals surface area contributed by atoms with Gasteiger partial charge >= 0.3 is 0 Å². The van der Waals surface area contributed by atoms with Crippen LogP contribution in [0.15, 0.2) is 24.5 Å². The smallest absolute Gasteiger partial charge is 0.0558 e. The lowest BCUT2D eigenvalue weighted by molar-refractivity contribution is 0.153. The van der Waals surface area contributed by atoms with Crippen molar-refractivity contribution in [1.82, 2.24) is 9.88 Å². The molecule has 0 aromatic carbocycles. The highest BCUT2D eigenvalue weighted by Gasteiger charge is 2.21. The van der Waals surface area contributed by atoms with Crippen LogP contribution in [0.5, 0.6) is 0 Å². The Bertz CT molecular complexity index is 309. The molecule has 0 bridgehead atoms. The van der Waals surface area contributed by atoms with Crippen molar-refractivity contribution in [2.24, 2.45) is 0 Å². The molecule has 1 aliphatic carbocycles. The standard InChI is InChI=1S/C14H22N2O/c17-12-11-16(14-3-1-2-4-14)10-7-13-5-8-15-9-6-13/h5-6,8-9,14,17H,1-4,7,10-12H2. The predicted molar refractivity (Wildman–Crippen MR) is 68.9 cm³/mol. The summed E-state index contributed by atoms with van der Waals surface area (Å²) in [6.07, 6.45) is 10.1. The number of aromatic nitrogens is 1. The number of aliphatic hydroxyl groups excluding tert-OH is 1. The average molecular weight is 234 g/mol. The largest absolute Gasteiger partial charge is 0.395 e. The van der Waals surface area contributed by atoms with Crippen LogP contribution >= 0.6 is 0 Å². The highest BCUT2D eigenvalue weighted by atomic mass is 16.3. The van der Waals surface area contributed by atoms with Gasteiger partial charge in [-0.15, -0.1) is 0 Å². The first-order valence-electron chi connectivity index (χ1n) is 6.64. The molecular weight excluding hydrogens is 212 g/mol. The first-order chi connectivity index (χ1) is 8.40. The second-order valence-corrected chi connectivity index (χ2v) is 4.80. The van der Waals surface area contributed by atoms with Gasteiger partial charge < -0.3 is 5.11 Å². The SMILES string of the molecule is OCCN(CCc1ccncc1)C1CCCC1. The van der Waals surface area contributed by atoms with E-state index in [1.165, 1.54) is 31.2 Å². The van der Waals surface area contributed by atoms with Crippen LogP contribution in [0.25, 0.3) is 0 Å². The van der Waals surface area contributed by atoms with Crippen LogP contribution in [-0.2, 0) is 6.42 Å². The molecule has 2 rings (SSSR count). The van der Waals surface area contributed by atoms with Gasteiger partial charge in [0.05, 0.1) is 6.61 Å². The fourth-order valence-corrected chi connectivity index (χ4v) is 2.70. The lowest BCUT2D eigenvalue weighted by Gasteiger charge is -2.28. The predicted octanol–water partition coefficient (Wildman–Crippen LogP) is 1.86. The van der Waals surface area contributed by atoms with Gasteiger partial charge in [-0.2, -0.15) is 0 Å². The molecule has 0 atom stereocenters. The van der Waals surface area contributed by atoms with E-state index in [0.717, 1.165) is 19.5 Å². The molecule has 0 aliphatic heterocycles. The molecule has 1 heterocycles. The Kier molecular flexibility index (Phi) is 4.95. The molecular formula is C14H22N2O. The molecule has 0 spiro atoms. The van der Waals surface area contributed by atoms with Gasteiger partial charge in [-0.25, -0.2) is 0 Å². The zero-order valence-electron chi connectivity index (χ0n) is 10.4. The molecule has 1 aromatic rings. The van der Waals surface area contributed by atoms with Gasteiger partial charge in [0.1, 0.15) is 0 Å². The van der Waals surface area contributed by atoms with E-state index >= 15 is 0 Å². The first-order valence-corrected chi connectivity index (χ1v) is 6.64. The maximum absolute atomic E-state index is 9.14. The van der Waals surface area contributed by atoms with E-state index in [-0.39, 0.29) is 6.61 Å². The highest BCUT2D eigenvalue weighted by molar-refractivity contribution is 5.10. The fraction of sp³-hybridized carbons (Fsp3) is 0.643. The third-order valence-corrected chi connectivity index (χ3v) is 3.67. The van der Waals surface area contributed by atoms with Crippen molar-refractivity contribution in [3.63, 3.8) is 0 Å². The van der Waals surface area contributed by atoms with E-state index in [1.54, 1.807) is 0 Å². The third-order valence-electron chi connectivity index (χ3n) is 3.67. The van der Waals surface area contributed by atoms with Crippen molar-refractivity contribution in [3.05, 3.63) is 30.1 Å². The van der Waals surface area contributed by atoms with Crippen LogP contribution in [0.4, 0.5) is 0 Å². The van der Waals surface area contributed by atoms with E-state index in [1.807, 2.05) is 12.4 Å². The molecule has 94 valence electrons. The summed E-state index contributed by atoms with van der Waals surface area (Å²) in [5, 5.41) is 9.14. The summed E-state index contributed by atoms with van der Waals surface area (Å²) in [7, 11) is 0. The van der Waals surface area contributed by atoms with Gasteiger partial charge in [0, 0.05) is 31.5 Å². The number of hydrogen-bond donors (Lipinski definition) is 1. The quantitative estimate of drug-likeness (QED) is 0.816. The van der Waals surface area contributed by atoms with Crippen molar-refractivity contribution in [3.8, 4) is 0 Å². The van der Waals surface area contributed by atoms with E-state index in [4.69, 9.17) is 5.11 Å². The Morgan fingerprint density at radius 3 is 2.53 bits per heavy atom. The molecule has 0 saturated heterocycles. The van der Waals surface area contributed by atoms with Gasteiger partial charge in [-0.3, -0.25) is 9.88 Å². The number of rotatable bonds is 6. The normalized spacial score (nSPS) is 16.8. The summed E-state index contributed by atoms with van der Waals surface area (Å²) in [5.41, 5.74) is 1.33. The number of nitrogens with zero attached hydrogens (tertiary/aromatic N) is 2. The van der Waals surface area contributed by atoms with Crippen molar-refractivity contribution >= 4 is 0 Å². The number of aliphatic hydroxyl groups is 1. The Labute approximate surface area is 103 Å². The third kappa shape index (κ3) is 3.79. The van der Waals surface area contributed by atoms with Gasteiger partial charge in [-0.05, 0) is 37.0 Å². The monoisotopic (exact) mass is 234 g/mol. The molecule has 0 unspecified atom stereocenters. The molecule has 0 amide bonds. The van der Waals surface area contributed by atoms with Crippen LogP contribution < -0.4 is 0 Å². The molecule has 1 aliphatic rings. The van der Waals surface area contributed by atoms with Gasteiger partial charge in [0.2, 0.25) is 0 Å². The summed E-state index contributed by atoms with van der Waals surface area (Å²) < 4.78 is 0. The highest BCUT2D eigenvalue weighted by Crippen LogP contribution is 2.23. The van der Waals surface area contributed by atoms with Crippen LogP contribution in [0, 0.1) is 0 Å². The molecule has 1 saturated carbocycles. The maximum atomic E-state index is 9.14. The maximum Gasteiger partial charge on any atom is 0.0558 e. The average Bonchev–Trinajstić information content (AvgIpc) is 2.89. The molecule has 1 N–H and O–H groups in total. The molecule has 0 radical (unpaired) electrons. The Balaban J connectivity index is 1.84. The molecule has 3 nitrogen and oxygen atoms in total. The topological polar surface area (TPSA) is 36.4 Å². The van der Waals surface area contributed by atoms with Crippen molar-refractivity contribution in [2.45, 2.75) is 38.1 Å². The lowest BCUT2D eigenvalue weighted by atomic mass is 10.1. The summed E-state index contributed by atoms with van der Waals surface area (Å²) in [6, 6.07) is 4.85. The van der Waals surface area contributed by atoms with E-state index in [9.17, 15) is 0 Å². The zero-order chi connectivity index (χ0) is 11.9. The van der Waals surface area contributed by atoms with Gasteiger partial charge in [0.15, 0.2) is 0 Å². The Morgan fingerprint density at radius 2 is 1.88 bits per heavy atom. The fourth-order valence-electron chi connectivity index (χ4n) is 2.70. The summed E-state index contributed by atoms with van der Waals surface area (Å²) >= 11 is 0. The minimum atomic E-state index is 0.271. The van der Waals surface area contributed by atoms with Crippen LogP contribution in [-0.4, -0.2) is 40.7 Å². The second kappa shape index (κ2) is 6.72. The van der Waals surface area contributed by atoms with E-state index in [2.05, 4.69) is 22.0 Å². The van der Waals surface area contributed by atoms with Crippen LogP contribution in [0.2, 0.25) is 0 Å². The van der Waals surface area contributed by atoms with Gasteiger partial charge in [0.25, 0.3) is 0 Å². The lowest BCUT2D eigenvalue weighted by Crippen LogP contribution is -2.37. The number of hydrogen-bond acceptors (Lipinski definition) is 3. The minimum absolute atomic E-state index is 0.271. The van der Waals surface area contributed by atoms with Crippen molar-refractivity contribution in [1.29, 1.82) is 0 Å². The van der Waals surface area contributed by atoms with Crippen molar-refractivity contribution < 1.29 is 5.11 Å². The van der Waals surface area contributed by atoms with Gasteiger partial charge in [-0.1, -0.05) is 12.8 Å². The number of pyridine rings is 1. The van der Waals surface area contributed by atoms with E-state index < -0.39 is 0 Å². The summed E-state index contributed by atoms with van der Waals surface area (Å²) in [5.74, 6) is 0. The van der Waals surface area contributed by atoms with E-state index in [0.29, 0.717) is 6.04 Å².